The first-order valence-electron chi connectivity index (χ1n) is 7.86. The van der Waals surface area contributed by atoms with Gasteiger partial charge in [0.1, 0.15) is 0 Å². The van der Waals surface area contributed by atoms with Crippen LogP contribution in [0.5, 0.6) is 0 Å². The van der Waals surface area contributed by atoms with Crippen molar-refractivity contribution >= 4 is 20.1 Å². The van der Waals surface area contributed by atoms with Crippen molar-refractivity contribution in [3.05, 3.63) is 0 Å². The summed E-state index contributed by atoms with van der Waals surface area (Å²) < 4.78 is 274. The Morgan fingerprint density at radius 2 is 0.833 bits per heavy atom. The molecule has 25 heteroatoms. The van der Waals surface area contributed by atoms with Crippen LogP contribution in [-0.4, -0.2) is 80.7 Å². The van der Waals surface area contributed by atoms with Crippen molar-refractivity contribution in [1.29, 1.82) is 0 Å². The van der Waals surface area contributed by atoms with E-state index in [0.717, 1.165) is 0 Å². The number of halogens is 17. The van der Waals surface area contributed by atoms with E-state index in [-0.39, 0.29) is 4.72 Å². The summed E-state index contributed by atoms with van der Waals surface area (Å²) in [5.41, 5.74) is 0. The third kappa shape index (κ3) is 5.15. The number of nitrogens with one attached hydrogen (secondary N) is 1. The molecule has 0 aliphatic rings. The molecule has 0 fully saturated rings. The van der Waals surface area contributed by atoms with Gasteiger partial charge in [0.2, 0.25) is 0 Å². The first-order chi connectivity index (χ1) is 15.2. The lowest BCUT2D eigenvalue weighted by Crippen LogP contribution is -2.75. The predicted molar refractivity (Wildman–Crippen MR) is 78.6 cm³/mol. The molecule has 0 saturated carbocycles. The van der Waals surface area contributed by atoms with Gasteiger partial charge in [-0.1, -0.05) is 0 Å². The maximum absolute atomic E-state index is 13.6. The second kappa shape index (κ2) is 9.13. The van der Waals surface area contributed by atoms with E-state index in [1.807, 2.05) is 0 Å². The number of hydrogen-bond donors (Lipinski definition) is 2. The number of alkyl halides is 17. The zero-order valence-electron chi connectivity index (χ0n) is 15.9. The molecule has 0 spiro atoms. The summed E-state index contributed by atoms with van der Waals surface area (Å²) in [6.45, 7) is -1.79. The predicted octanol–water partition coefficient (Wildman–Crippen LogP) is 4.15. The van der Waals surface area contributed by atoms with Crippen molar-refractivity contribution in [2.45, 2.75) is 53.4 Å². The summed E-state index contributed by atoms with van der Waals surface area (Å²) in [5, 5.41) is -7.73. The Balaban J connectivity index is 6.59. The van der Waals surface area contributed by atoms with Crippen LogP contribution in [0.2, 0.25) is 0 Å². The quantitative estimate of drug-likeness (QED) is 0.194. The van der Waals surface area contributed by atoms with E-state index in [9.17, 15) is 91.5 Å². The maximum atomic E-state index is 13.6. The van der Waals surface area contributed by atoms with Gasteiger partial charge in [0.25, 0.3) is 20.1 Å². The highest BCUT2D eigenvalue weighted by molar-refractivity contribution is 7.90. The van der Waals surface area contributed by atoms with Crippen molar-refractivity contribution in [2.75, 3.05) is 12.3 Å². The molecule has 0 heterocycles. The van der Waals surface area contributed by atoms with E-state index in [0.29, 0.717) is 0 Å². The minimum absolute atomic E-state index is 0.199. The van der Waals surface area contributed by atoms with E-state index in [4.69, 9.17) is 4.55 Å². The van der Waals surface area contributed by atoms with Gasteiger partial charge in [0.15, 0.2) is 0 Å². The van der Waals surface area contributed by atoms with Gasteiger partial charge in [-0.15, -0.1) is 0 Å². The van der Waals surface area contributed by atoms with Crippen LogP contribution in [-0.2, 0) is 20.1 Å². The molecule has 0 saturated heterocycles. The van der Waals surface area contributed by atoms with Gasteiger partial charge in [0.05, 0.1) is 5.75 Å². The Morgan fingerprint density at radius 1 is 0.528 bits per heavy atom. The van der Waals surface area contributed by atoms with Crippen LogP contribution in [0.3, 0.4) is 0 Å². The summed E-state index contributed by atoms with van der Waals surface area (Å²) in [6.07, 6.45) is -9.24. The molecule has 0 radical (unpaired) electrons. The Hall–Kier alpha value is -1.37. The highest BCUT2D eigenvalue weighted by Crippen LogP contribution is 2.64. The van der Waals surface area contributed by atoms with E-state index < -0.39 is 85.8 Å². The minimum atomic E-state index is -8.94. The van der Waals surface area contributed by atoms with E-state index >= 15 is 0 Å². The summed E-state index contributed by atoms with van der Waals surface area (Å²) in [7, 11) is -12.5. The average molecular weight is 621 g/mol. The van der Waals surface area contributed by atoms with Crippen LogP contribution < -0.4 is 4.72 Å². The molecule has 2 N–H and O–H groups in total. The SMILES string of the molecule is O=S(=O)(O)CCCNS(=O)(=O)C(F)(F)C(F)(F)C(F)(F)C(F)(F)C(F)(F)C(F)(F)C(F)(F)C(F)(F)F. The number of rotatable bonds is 12. The third-order valence-electron chi connectivity index (χ3n) is 3.90. The van der Waals surface area contributed by atoms with Gasteiger partial charge in [0, 0.05) is 6.54 Å². The summed E-state index contributed by atoms with van der Waals surface area (Å²) in [6, 6.07) is 0. The second-order valence-corrected chi connectivity index (χ2v) is 9.88. The van der Waals surface area contributed by atoms with Gasteiger partial charge in [-0.2, -0.15) is 83.1 Å². The summed E-state index contributed by atoms with van der Waals surface area (Å²) in [5.74, 6) is -53.7. The molecule has 0 aromatic rings. The smallest absolute Gasteiger partial charge is 0.286 e. The van der Waals surface area contributed by atoms with Gasteiger partial charge >= 0.3 is 47.0 Å². The topological polar surface area (TPSA) is 101 Å². The van der Waals surface area contributed by atoms with Crippen LogP contribution in [0.25, 0.3) is 0 Å². The van der Waals surface area contributed by atoms with Crippen molar-refractivity contribution in [2.24, 2.45) is 0 Å². The van der Waals surface area contributed by atoms with Crippen LogP contribution in [0.15, 0.2) is 0 Å². The molecule has 0 rings (SSSR count). The largest absolute Gasteiger partial charge is 0.460 e. The molecule has 0 unspecified atom stereocenters. The third-order valence-corrected chi connectivity index (χ3v) is 6.22. The van der Waals surface area contributed by atoms with E-state index in [1.54, 1.807) is 0 Å². The van der Waals surface area contributed by atoms with Gasteiger partial charge < -0.3 is 0 Å². The molecule has 0 aromatic carbocycles. The molecular formula is C11H8F17NO5S2. The highest BCUT2D eigenvalue weighted by Gasteiger charge is 2.96. The van der Waals surface area contributed by atoms with Crippen molar-refractivity contribution in [1.82, 2.24) is 4.72 Å². The monoisotopic (exact) mass is 621 g/mol. The standard InChI is InChI=1S/C11H8F17NO5S2/c12-4(13,6(16,17)8(20,21)10(24,25)26)5(14,15)7(18,19)9(22,23)11(27,28)36(33,34)29-2-1-3-35(30,31)32/h29H,1-3H2,(H,30,31,32). The van der Waals surface area contributed by atoms with Crippen LogP contribution in [0, 0.1) is 0 Å². The second-order valence-electron chi connectivity index (χ2n) is 6.50. The highest BCUT2D eigenvalue weighted by atomic mass is 32.2. The summed E-state index contributed by atoms with van der Waals surface area (Å²) >= 11 is 0. The molecule has 0 amide bonds. The van der Waals surface area contributed by atoms with Crippen molar-refractivity contribution in [3.8, 4) is 0 Å². The molecule has 6 nitrogen and oxygen atoms in total. The lowest BCUT2D eigenvalue weighted by atomic mass is 9.91. The molecule has 36 heavy (non-hydrogen) atoms. The Labute approximate surface area is 187 Å². The van der Waals surface area contributed by atoms with Crippen molar-refractivity contribution < 1.29 is 96.0 Å². The van der Waals surface area contributed by atoms with Crippen LogP contribution >= 0.6 is 0 Å². The molecule has 0 atom stereocenters. The normalized spacial score (nSPS) is 16.4. The van der Waals surface area contributed by atoms with E-state index in [2.05, 4.69) is 0 Å². The number of hydrogen-bond acceptors (Lipinski definition) is 4. The van der Waals surface area contributed by atoms with Gasteiger partial charge in [-0.25, -0.2) is 13.1 Å². The Bertz CT molecular complexity index is 1020. The zero-order chi connectivity index (χ0) is 29.8. The molecule has 0 aliphatic heterocycles. The van der Waals surface area contributed by atoms with Gasteiger partial charge in [-0.3, -0.25) is 4.55 Å². The van der Waals surface area contributed by atoms with E-state index in [1.165, 1.54) is 0 Å². The molecule has 218 valence electrons. The fraction of sp³-hybridized carbons (Fsp3) is 1.00. The number of sulfonamides is 1. The fourth-order valence-corrected chi connectivity index (χ4v) is 3.44. The summed E-state index contributed by atoms with van der Waals surface area (Å²) in [4.78, 5) is 0. The van der Waals surface area contributed by atoms with Gasteiger partial charge in [-0.05, 0) is 6.42 Å². The Kier molecular flexibility index (Phi) is 8.78. The van der Waals surface area contributed by atoms with Crippen molar-refractivity contribution in [3.63, 3.8) is 0 Å². The lowest BCUT2D eigenvalue weighted by Gasteiger charge is -2.42. The molecule has 0 aliphatic carbocycles. The minimum Gasteiger partial charge on any atom is -0.286 e. The maximum Gasteiger partial charge on any atom is 0.460 e. The van der Waals surface area contributed by atoms with Crippen LogP contribution in [0.4, 0.5) is 74.6 Å². The fourth-order valence-electron chi connectivity index (χ4n) is 1.87. The first kappa shape index (κ1) is 34.6. The average Bonchev–Trinajstić information content (AvgIpc) is 2.62. The molecule has 0 aromatic heterocycles. The molecular weight excluding hydrogens is 613 g/mol. The lowest BCUT2D eigenvalue weighted by molar-refractivity contribution is -0.458. The van der Waals surface area contributed by atoms with Crippen LogP contribution in [0.1, 0.15) is 6.42 Å². The first-order valence-corrected chi connectivity index (χ1v) is 11.0. The Morgan fingerprint density at radius 3 is 1.14 bits per heavy atom. The molecule has 0 bridgehead atoms. The zero-order valence-corrected chi connectivity index (χ0v) is 17.6.